The van der Waals surface area contributed by atoms with Gasteiger partial charge in [-0.15, -0.1) is 0 Å². The molecule has 1 heterocycles. The predicted molar refractivity (Wildman–Crippen MR) is 82.3 cm³/mol. The number of halogens is 2. The number of hydrogen-bond donors (Lipinski definition) is 0. The monoisotopic (exact) mass is 309 g/mol. The topological polar surface area (TPSA) is 12.5 Å². The summed E-state index contributed by atoms with van der Waals surface area (Å²) in [5.74, 6) is -0.241. The van der Waals surface area contributed by atoms with Crippen LogP contribution in [0.5, 0.6) is 0 Å². The molecule has 0 N–H and O–H groups in total. The minimum atomic E-state index is -0.495. The van der Waals surface area contributed by atoms with E-state index in [1.54, 1.807) is 0 Å². The van der Waals surface area contributed by atoms with Crippen LogP contribution in [0.2, 0.25) is 0 Å². The lowest BCUT2D eigenvalue weighted by Crippen LogP contribution is -2.48. The number of nitrogens with zero attached hydrogens (tertiary/aromatic N) is 1. The summed E-state index contributed by atoms with van der Waals surface area (Å²) in [5, 5.41) is 1.99. The van der Waals surface area contributed by atoms with Gasteiger partial charge in [0.1, 0.15) is 11.6 Å². The van der Waals surface area contributed by atoms with Crippen LogP contribution in [0.15, 0.2) is 18.2 Å². The molecule has 3 rings (SSSR count). The van der Waals surface area contributed by atoms with Gasteiger partial charge in [0.15, 0.2) is 0 Å². The third-order valence-corrected chi connectivity index (χ3v) is 5.69. The Morgan fingerprint density at radius 2 is 1.68 bits per heavy atom. The minimum absolute atomic E-state index is 0.227. The van der Waals surface area contributed by atoms with E-state index in [1.165, 1.54) is 12.1 Å². The van der Waals surface area contributed by atoms with Crippen LogP contribution >= 0.6 is 0 Å². The van der Waals surface area contributed by atoms with Crippen molar-refractivity contribution in [1.82, 2.24) is 5.06 Å². The van der Waals surface area contributed by atoms with E-state index in [-0.39, 0.29) is 11.0 Å². The second kappa shape index (κ2) is 5.00. The second-order valence-electron chi connectivity index (χ2n) is 7.94. The Morgan fingerprint density at radius 3 is 2.27 bits per heavy atom. The van der Waals surface area contributed by atoms with Crippen LogP contribution in [0, 0.1) is 23.5 Å². The molecule has 1 aromatic rings. The summed E-state index contributed by atoms with van der Waals surface area (Å²) < 4.78 is 27.3. The van der Waals surface area contributed by atoms with E-state index < -0.39 is 11.6 Å². The van der Waals surface area contributed by atoms with Crippen molar-refractivity contribution in [1.29, 1.82) is 0 Å². The molecule has 2 fully saturated rings. The Hall–Kier alpha value is -1.00. The van der Waals surface area contributed by atoms with Crippen molar-refractivity contribution in [2.75, 3.05) is 7.05 Å². The highest BCUT2D eigenvalue weighted by molar-refractivity contribution is 5.28. The minimum Gasteiger partial charge on any atom is -0.293 e. The van der Waals surface area contributed by atoms with Crippen molar-refractivity contribution in [2.45, 2.75) is 57.6 Å². The van der Waals surface area contributed by atoms with Gasteiger partial charge in [-0.2, -0.15) is 5.06 Å². The first kappa shape index (κ1) is 15.9. The fourth-order valence-corrected chi connectivity index (χ4v) is 4.82. The second-order valence-corrected chi connectivity index (χ2v) is 7.94. The lowest BCUT2D eigenvalue weighted by Gasteiger charge is -2.46. The fourth-order valence-electron chi connectivity index (χ4n) is 4.82. The van der Waals surface area contributed by atoms with Crippen LogP contribution in [0.1, 0.15) is 46.1 Å². The number of benzene rings is 1. The molecule has 1 aromatic carbocycles. The standard InChI is InChI=1S/C18H25F2NO/c1-11-9-18(4,12-6-13(19)8-14(20)7-12)10-15-16(11)21(5)22-17(15,2)3/h6-8,11,15-16H,9-10H2,1-5H3/t11-,15+,16+,18+/m0/s1. The summed E-state index contributed by atoms with van der Waals surface area (Å²) in [4.78, 5) is 6.03. The summed E-state index contributed by atoms with van der Waals surface area (Å²) in [5.41, 5.74) is 0.289. The van der Waals surface area contributed by atoms with Gasteiger partial charge in [0.25, 0.3) is 0 Å². The Morgan fingerprint density at radius 1 is 1.09 bits per heavy atom. The number of hydrogen-bond acceptors (Lipinski definition) is 2. The molecule has 0 radical (unpaired) electrons. The first-order valence-electron chi connectivity index (χ1n) is 8.01. The average Bonchev–Trinajstić information content (AvgIpc) is 2.58. The maximum absolute atomic E-state index is 13.7. The van der Waals surface area contributed by atoms with Crippen LogP contribution < -0.4 is 0 Å². The molecule has 0 bridgehead atoms. The Balaban J connectivity index is 1.99. The van der Waals surface area contributed by atoms with Crippen LogP contribution in [0.3, 0.4) is 0 Å². The van der Waals surface area contributed by atoms with E-state index >= 15 is 0 Å². The Kier molecular flexibility index (Phi) is 3.61. The van der Waals surface area contributed by atoms with Gasteiger partial charge in [0, 0.05) is 25.1 Å². The average molecular weight is 309 g/mol. The normalized spacial score (nSPS) is 38.0. The van der Waals surface area contributed by atoms with E-state index in [4.69, 9.17) is 4.84 Å². The molecule has 1 aliphatic carbocycles. The molecular formula is C18H25F2NO. The number of hydroxylamine groups is 2. The maximum Gasteiger partial charge on any atom is 0.126 e. The third kappa shape index (κ3) is 2.46. The van der Waals surface area contributed by atoms with Crippen LogP contribution in [0.4, 0.5) is 8.78 Å². The zero-order chi connectivity index (χ0) is 16.3. The van der Waals surface area contributed by atoms with Crippen molar-refractivity contribution < 1.29 is 13.6 Å². The molecule has 1 saturated carbocycles. The molecule has 1 saturated heterocycles. The molecule has 4 heteroatoms. The maximum atomic E-state index is 13.7. The molecule has 4 atom stereocenters. The molecule has 0 spiro atoms. The molecule has 0 aromatic heterocycles. The third-order valence-electron chi connectivity index (χ3n) is 5.69. The molecule has 2 nitrogen and oxygen atoms in total. The van der Waals surface area contributed by atoms with E-state index in [0.29, 0.717) is 17.9 Å². The van der Waals surface area contributed by atoms with Gasteiger partial charge in [0.2, 0.25) is 0 Å². The molecule has 1 aliphatic heterocycles. The lowest BCUT2D eigenvalue weighted by molar-refractivity contribution is -0.182. The summed E-state index contributed by atoms with van der Waals surface area (Å²) >= 11 is 0. The smallest absolute Gasteiger partial charge is 0.126 e. The van der Waals surface area contributed by atoms with E-state index in [2.05, 4.69) is 27.7 Å². The first-order valence-corrected chi connectivity index (χ1v) is 8.01. The zero-order valence-electron chi connectivity index (χ0n) is 14.0. The summed E-state index contributed by atoms with van der Waals surface area (Å²) in [6, 6.07) is 4.28. The zero-order valence-corrected chi connectivity index (χ0v) is 14.0. The van der Waals surface area contributed by atoms with E-state index in [0.717, 1.165) is 24.5 Å². The van der Waals surface area contributed by atoms with Crippen molar-refractivity contribution in [2.24, 2.45) is 11.8 Å². The number of rotatable bonds is 1. The van der Waals surface area contributed by atoms with Gasteiger partial charge in [0.05, 0.1) is 5.60 Å². The highest BCUT2D eigenvalue weighted by atomic mass is 19.1. The number of fused-ring (bicyclic) bond motifs is 1. The Bertz CT molecular complexity index is 568. The predicted octanol–water partition coefficient (Wildman–Crippen LogP) is 4.29. The van der Waals surface area contributed by atoms with Crippen molar-refractivity contribution in [3.8, 4) is 0 Å². The summed E-state index contributed by atoms with van der Waals surface area (Å²) in [6.45, 7) is 8.56. The van der Waals surface area contributed by atoms with Crippen LogP contribution in [-0.4, -0.2) is 23.8 Å². The lowest BCUT2D eigenvalue weighted by atomic mass is 9.59. The first-order chi connectivity index (χ1) is 10.1. The highest BCUT2D eigenvalue weighted by Gasteiger charge is 2.55. The van der Waals surface area contributed by atoms with Crippen molar-refractivity contribution in [3.63, 3.8) is 0 Å². The summed E-state index contributed by atoms with van der Waals surface area (Å²) in [6.07, 6.45) is 1.78. The quantitative estimate of drug-likeness (QED) is 0.767. The van der Waals surface area contributed by atoms with E-state index in [1.807, 2.05) is 12.1 Å². The van der Waals surface area contributed by atoms with Gasteiger partial charge in [-0.1, -0.05) is 13.8 Å². The Labute approximate surface area is 131 Å². The SMILES string of the molecule is C[C@H]1C[C@@](C)(c2cc(F)cc(F)c2)C[C@@H]2[C@@H]1N(C)OC2(C)C. The van der Waals surface area contributed by atoms with Gasteiger partial charge in [-0.05, 0) is 55.7 Å². The van der Waals surface area contributed by atoms with Gasteiger partial charge in [-0.3, -0.25) is 4.84 Å². The molecular weight excluding hydrogens is 284 g/mol. The molecule has 122 valence electrons. The van der Waals surface area contributed by atoms with Gasteiger partial charge < -0.3 is 0 Å². The van der Waals surface area contributed by atoms with Gasteiger partial charge >= 0.3 is 0 Å². The molecule has 0 unspecified atom stereocenters. The largest absolute Gasteiger partial charge is 0.293 e. The summed E-state index contributed by atoms with van der Waals surface area (Å²) in [7, 11) is 1.99. The van der Waals surface area contributed by atoms with Crippen molar-refractivity contribution in [3.05, 3.63) is 35.4 Å². The molecule has 0 amide bonds. The van der Waals surface area contributed by atoms with E-state index in [9.17, 15) is 8.78 Å². The van der Waals surface area contributed by atoms with Crippen molar-refractivity contribution >= 4 is 0 Å². The fraction of sp³-hybridized carbons (Fsp3) is 0.667. The molecule has 22 heavy (non-hydrogen) atoms. The van der Waals surface area contributed by atoms with Crippen LogP contribution in [-0.2, 0) is 10.3 Å². The highest BCUT2D eigenvalue weighted by Crippen LogP contribution is 2.53. The van der Waals surface area contributed by atoms with Gasteiger partial charge in [-0.25, -0.2) is 8.78 Å². The van der Waals surface area contributed by atoms with Crippen LogP contribution in [0.25, 0.3) is 0 Å². The molecule has 2 aliphatic rings.